The largest absolute Gasteiger partial charge is 0.497 e. The zero-order valence-electron chi connectivity index (χ0n) is 11.5. The second kappa shape index (κ2) is 5.28. The van der Waals surface area contributed by atoms with Crippen LogP contribution in [0.1, 0.15) is 11.3 Å². The van der Waals surface area contributed by atoms with Gasteiger partial charge in [-0.3, -0.25) is 0 Å². The minimum atomic E-state index is -0.184. The van der Waals surface area contributed by atoms with Crippen molar-refractivity contribution < 1.29 is 9.53 Å². The predicted molar refractivity (Wildman–Crippen MR) is 77.7 cm³/mol. The van der Waals surface area contributed by atoms with Gasteiger partial charge < -0.3 is 20.7 Å². The Morgan fingerprint density at radius 1 is 1.33 bits per heavy atom. The van der Waals surface area contributed by atoms with Gasteiger partial charge in [0.25, 0.3) is 0 Å². The van der Waals surface area contributed by atoms with Gasteiger partial charge in [-0.1, -0.05) is 0 Å². The number of nitrogen functional groups attached to an aromatic ring is 1. The number of ether oxygens (including phenoxy) is 1. The summed E-state index contributed by atoms with van der Waals surface area (Å²) in [7, 11) is 1.60. The molecular weight excluding hydrogens is 270 g/mol. The van der Waals surface area contributed by atoms with Gasteiger partial charge in [-0.05, 0) is 24.3 Å². The van der Waals surface area contributed by atoms with Gasteiger partial charge in [0.2, 0.25) is 5.95 Å². The second-order valence-corrected chi connectivity index (χ2v) is 4.71. The first-order chi connectivity index (χ1) is 10.2. The van der Waals surface area contributed by atoms with Gasteiger partial charge in [0.05, 0.1) is 25.9 Å². The molecule has 7 heteroatoms. The van der Waals surface area contributed by atoms with E-state index in [2.05, 4.69) is 15.3 Å². The van der Waals surface area contributed by atoms with Crippen molar-refractivity contribution in [2.75, 3.05) is 18.2 Å². The highest BCUT2D eigenvalue weighted by atomic mass is 16.5. The lowest BCUT2D eigenvalue weighted by atomic mass is 10.3. The van der Waals surface area contributed by atoms with Crippen molar-refractivity contribution in [3.8, 4) is 5.75 Å². The highest BCUT2D eigenvalue weighted by Crippen LogP contribution is 2.22. The molecule has 108 valence electrons. The number of anilines is 2. The summed E-state index contributed by atoms with van der Waals surface area (Å²) in [5.74, 6) is 0.971. The summed E-state index contributed by atoms with van der Waals surface area (Å²) in [5, 5.41) is 2.84. The SMILES string of the molecule is COc1ccc(NC(=O)N2Cc3cnc(N)nc3C2)cc1. The van der Waals surface area contributed by atoms with Gasteiger partial charge in [-0.25, -0.2) is 14.8 Å². The van der Waals surface area contributed by atoms with Crippen LogP contribution in [0.25, 0.3) is 0 Å². The van der Waals surface area contributed by atoms with Crippen molar-refractivity contribution in [3.63, 3.8) is 0 Å². The molecule has 2 heterocycles. The van der Waals surface area contributed by atoms with Crippen molar-refractivity contribution in [1.82, 2.24) is 14.9 Å². The summed E-state index contributed by atoms with van der Waals surface area (Å²) >= 11 is 0. The number of hydrogen-bond donors (Lipinski definition) is 2. The summed E-state index contributed by atoms with van der Waals surface area (Å²) in [6, 6.07) is 6.98. The summed E-state index contributed by atoms with van der Waals surface area (Å²) in [6.45, 7) is 0.918. The zero-order valence-corrected chi connectivity index (χ0v) is 11.5. The predicted octanol–water partition coefficient (Wildman–Crippen LogP) is 1.62. The number of methoxy groups -OCH3 is 1. The van der Waals surface area contributed by atoms with Gasteiger partial charge in [-0.15, -0.1) is 0 Å². The fourth-order valence-corrected chi connectivity index (χ4v) is 2.19. The molecule has 0 radical (unpaired) electrons. The van der Waals surface area contributed by atoms with Crippen LogP contribution in [0.15, 0.2) is 30.5 Å². The molecule has 0 spiro atoms. The maximum Gasteiger partial charge on any atom is 0.322 e. The first-order valence-corrected chi connectivity index (χ1v) is 6.46. The molecular formula is C14H15N5O2. The van der Waals surface area contributed by atoms with E-state index in [4.69, 9.17) is 10.5 Å². The Hall–Kier alpha value is -2.83. The quantitative estimate of drug-likeness (QED) is 0.874. The number of urea groups is 1. The van der Waals surface area contributed by atoms with E-state index in [0.717, 1.165) is 17.0 Å². The number of nitrogens with two attached hydrogens (primary N) is 1. The van der Waals surface area contributed by atoms with Crippen LogP contribution in [-0.4, -0.2) is 28.0 Å². The lowest BCUT2D eigenvalue weighted by molar-refractivity contribution is 0.212. The Morgan fingerprint density at radius 2 is 2.10 bits per heavy atom. The van der Waals surface area contributed by atoms with E-state index < -0.39 is 0 Å². The lowest BCUT2D eigenvalue weighted by Gasteiger charge is -2.16. The summed E-state index contributed by atoms with van der Waals surface area (Å²) in [4.78, 5) is 22.0. The minimum absolute atomic E-state index is 0.184. The van der Waals surface area contributed by atoms with Gasteiger partial charge in [-0.2, -0.15) is 0 Å². The molecule has 0 atom stereocenters. The molecule has 1 aliphatic heterocycles. The monoisotopic (exact) mass is 285 g/mol. The topological polar surface area (TPSA) is 93.4 Å². The van der Waals surface area contributed by atoms with E-state index in [0.29, 0.717) is 18.8 Å². The van der Waals surface area contributed by atoms with Crippen molar-refractivity contribution in [1.29, 1.82) is 0 Å². The maximum absolute atomic E-state index is 12.2. The number of nitrogens with zero attached hydrogens (tertiary/aromatic N) is 3. The number of benzene rings is 1. The van der Waals surface area contributed by atoms with Crippen molar-refractivity contribution in [2.45, 2.75) is 13.1 Å². The summed E-state index contributed by atoms with van der Waals surface area (Å²) < 4.78 is 5.08. The average Bonchev–Trinajstić information content (AvgIpc) is 2.91. The third-order valence-corrected chi connectivity index (χ3v) is 3.30. The third kappa shape index (κ3) is 2.71. The molecule has 1 aromatic carbocycles. The van der Waals surface area contributed by atoms with E-state index in [1.54, 1.807) is 42.5 Å². The first kappa shape index (κ1) is 13.2. The molecule has 0 saturated carbocycles. The molecule has 3 rings (SSSR count). The smallest absolute Gasteiger partial charge is 0.322 e. The average molecular weight is 285 g/mol. The van der Waals surface area contributed by atoms with E-state index >= 15 is 0 Å². The van der Waals surface area contributed by atoms with Crippen LogP contribution in [0.5, 0.6) is 5.75 Å². The first-order valence-electron chi connectivity index (χ1n) is 6.46. The number of carbonyl (C=O) groups excluding carboxylic acids is 1. The van der Waals surface area contributed by atoms with Crippen molar-refractivity contribution >= 4 is 17.7 Å². The van der Waals surface area contributed by atoms with E-state index in [-0.39, 0.29) is 12.0 Å². The second-order valence-electron chi connectivity index (χ2n) is 4.71. The Kier molecular flexibility index (Phi) is 3.31. The van der Waals surface area contributed by atoms with Crippen LogP contribution in [0.4, 0.5) is 16.4 Å². The van der Waals surface area contributed by atoms with Crippen LogP contribution in [0.2, 0.25) is 0 Å². The number of fused-ring (bicyclic) bond motifs is 1. The fraction of sp³-hybridized carbons (Fsp3) is 0.214. The van der Waals surface area contributed by atoms with Crippen LogP contribution in [0, 0.1) is 0 Å². The Bertz CT molecular complexity index is 672. The molecule has 3 N–H and O–H groups in total. The Morgan fingerprint density at radius 3 is 2.81 bits per heavy atom. The maximum atomic E-state index is 12.2. The lowest BCUT2D eigenvalue weighted by Crippen LogP contribution is -2.30. The molecule has 7 nitrogen and oxygen atoms in total. The number of hydrogen-bond acceptors (Lipinski definition) is 5. The van der Waals surface area contributed by atoms with Gasteiger partial charge >= 0.3 is 6.03 Å². The molecule has 21 heavy (non-hydrogen) atoms. The molecule has 0 unspecified atom stereocenters. The summed E-state index contributed by atoms with van der Waals surface area (Å²) in [5.41, 5.74) is 7.98. The molecule has 1 aliphatic rings. The van der Waals surface area contributed by atoms with Crippen LogP contribution >= 0.6 is 0 Å². The molecule has 0 aliphatic carbocycles. The highest BCUT2D eigenvalue weighted by Gasteiger charge is 2.25. The Labute approximate surface area is 121 Å². The molecule has 0 fully saturated rings. The standard InChI is InChI=1S/C14H15N5O2/c1-21-11-4-2-10(3-5-11)17-14(20)19-7-9-6-16-13(15)18-12(9)8-19/h2-6H,7-8H2,1H3,(H,17,20)(H2,15,16,18). The number of carbonyl (C=O) groups is 1. The summed E-state index contributed by atoms with van der Waals surface area (Å²) in [6.07, 6.45) is 1.67. The number of nitrogens with one attached hydrogen (secondary N) is 1. The van der Waals surface area contributed by atoms with Crippen LogP contribution in [-0.2, 0) is 13.1 Å². The molecule has 1 aromatic heterocycles. The third-order valence-electron chi connectivity index (χ3n) is 3.30. The Balaban J connectivity index is 1.67. The highest BCUT2D eigenvalue weighted by molar-refractivity contribution is 5.89. The molecule has 0 bridgehead atoms. The number of rotatable bonds is 2. The normalized spacial score (nSPS) is 12.9. The van der Waals surface area contributed by atoms with Gasteiger partial charge in [0.1, 0.15) is 5.75 Å². The number of amides is 2. The molecule has 2 aromatic rings. The van der Waals surface area contributed by atoms with E-state index in [1.807, 2.05) is 0 Å². The van der Waals surface area contributed by atoms with Crippen LogP contribution < -0.4 is 15.8 Å². The fourth-order valence-electron chi connectivity index (χ4n) is 2.19. The number of aromatic nitrogens is 2. The van der Waals surface area contributed by atoms with Gasteiger partial charge in [0, 0.05) is 17.4 Å². The van der Waals surface area contributed by atoms with Crippen molar-refractivity contribution in [2.24, 2.45) is 0 Å². The minimum Gasteiger partial charge on any atom is -0.497 e. The molecule has 2 amide bonds. The van der Waals surface area contributed by atoms with Crippen molar-refractivity contribution in [3.05, 3.63) is 41.7 Å². The van der Waals surface area contributed by atoms with E-state index in [9.17, 15) is 4.79 Å². The van der Waals surface area contributed by atoms with Crippen LogP contribution in [0.3, 0.4) is 0 Å². The zero-order chi connectivity index (χ0) is 14.8. The molecule has 0 saturated heterocycles. The van der Waals surface area contributed by atoms with E-state index in [1.165, 1.54) is 0 Å². The van der Waals surface area contributed by atoms with Gasteiger partial charge in [0.15, 0.2) is 0 Å².